The Labute approximate surface area is 153 Å². The smallest absolute Gasteiger partial charge is 0.331 e. The minimum absolute atomic E-state index is 0.340. The van der Waals surface area contributed by atoms with E-state index in [0.29, 0.717) is 17.4 Å². The first kappa shape index (κ1) is 19.2. The number of esters is 1. The zero-order valence-electron chi connectivity index (χ0n) is 15.2. The molecule has 5 heteroatoms. The summed E-state index contributed by atoms with van der Waals surface area (Å²) >= 11 is 0. The number of nitrogens with one attached hydrogen (secondary N) is 1. The molecule has 0 unspecified atom stereocenters. The third-order valence-electron chi connectivity index (χ3n) is 3.71. The Balaban J connectivity index is 1.80. The zero-order valence-corrected chi connectivity index (χ0v) is 15.2. The van der Waals surface area contributed by atoms with Crippen molar-refractivity contribution in [1.82, 2.24) is 0 Å². The molecule has 5 nitrogen and oxygen atoms in total. The Morgan fingerprint density at radius 1 is 1.12 bits per heavy atom. The summed E-state index contributed by atoms with van der Waals surface area (Å²) in [5, 5.41) is 2.70. The van der Waals surface area contributed by atoms with Crippen LogP contribution in [0.2, 0.25) is 0 Å². The van der Waals surface area contributed by atoms with Crippen LogP contribution >= 0.6 is 0 Å². The van der Waals surface area contributed by atoms with E-state index >= 15 is 0 Å². The van der Waals surface area contributed by atoms with Crippen LogP contribution in [0.15, 0.2) is 54.6 Å². The molecular formula is C21H23NO4. The molecule has 2 aromatic carbocycles. The maximum Gasteiger partial charge on any atom is 0.331 e. The van der Waals surface area contributed by atoms with E-state index in [1.54, 1.807) is 19.3 Å². The van der Waals surface area contributed by atoms with Crippen molar-refractivity contribution in [3.05, 3.63) is 65.7 Å². The number of carbonyl (C=O) groups excluding carboxylic acids is 2. The molecule has 0 saturated carbocycles. The van der Waals surface area contributed by atoms with Crippen molar-refractivity contribution in [3.8, 4) is 5.75 Å². The van der Waals surface area contributed by atoms with Crippen molar-refractivity contribution < 1.29 is 19.1 Å². The van der Waals surface area contributed by atoms with Gasteiger partial charge in [-0.2, -0.15) is 0 Å². The molecule has 0 aromatic heterocycles. The molecule has 26 heavy (non-hydrogen) atoms. The van der Waals surface area contributed by atoms with Crippen LogP contribution in [-0.4, -0.2) is 25.6 Å². The lowest BCUT2D eigenvalue weighted by atomic mass is 10.0. The van der Waals surface area contributed by atoms with Crippen LogP contribution in [-0.2, 0) is 14.3 Å². The first-order valence-electron chi connectivity index (χ1n) is 8.36. The molecule has 0 aliphatic heterocycles. The maximum atomic E-state index is 11.9. The monoisotopic (exact) mass is 353 g/mol. The fourth-order valence-electron chi connectivity index (χ4n) is 2.24. The number of amides is 1. The summed E-state index contributed by atoms with van der Waals surface area (Å²) < 4.78 is 10.1. The molecule has 0 fully saturated rings. The van der Waals surface area contributed by atoms with E-state index in [0.717, 1.165) is 5.56 Å². The van der Waals surface area contributed by atoms with Crippen molar-refractivity contribution >= 4 is 23.6 Å². The molecule has 0 aliphatic rings. The summed E-state index contributed by atoms with van der Waals surface area (Å²) in [7, 11) is 1.58. The first-order chi connectivity index (χ1) is 12.5. The van der Waals surface area contributed by atoms with E-state index < -0.39 is 5.97 Å². The second kappa shape index (κ2) is 9.42. The Bertz CT molecular complexity index is 779. The van der Waals surface area contributed by atoms with Crippen LogP contribution in [0.1, 0.15) is 30.9 Å². The van der Waals surface area contributed by atoms with Crippen molar-refractivity contribution in [2.45, 2.75) is 19.8 Å². The number of hydrogen-bond acceptors (Lipinski definition) is 4. The average Bonchev–Trinajstić information content (AvgIpc) is 2.65. The van der Waals surface area contributed by atoms with Gasteiger partial charge in [0.15, 0.2) is 6.61 Å². The summed E-state index contributed by atoms with van der Waals surface area (Å²) in [4.78, 5) is 23.6. The fraction of sp³-hybridized carbons (Fsp3) is 0.238. The minimum atomic E-state index is -0.585. The summed E-state index contributed by atoms with van der Waals surface area (Å²) in [5.41, 5.74) is 2.66. The summed E-state index contributed by atoms with van der Waals surface area (Å²) in [6, 6.07) is 14.8. The van der Waals surface area contributed by atoms with Crippen LogP contribution < -0.4 is 10.1 Å². The third-order valence-corrected chi connectivity index (χ3v) is 3.71. The van der Waals surface area contributed by atoms with Crippen molar-refractivity contribution in [2.24, 2.45) is 0 Å². The average molecular weight is 353 g/mol. The van der Waals surface area contributed by atoms with Crippen LogP contribution in [0.5, 0.6) is 5.75 Å². The van der Waals surface area contributed by atoms with Gasteiger partial charge in [-0.05, 0) is 47.4 Å². The number of benzene rings is 2. The predicted octanol–water partition coefficient (Wildman–Crippen LogP) is 4.01. The first-order valence-corrected chi connectivity index (χ1v) is 8.36. The number of ether oxygens (including phenoxy) is 2. The Morgan fingerprint density at radius 2 is 1.85 bits per heavy atom. The molecule has 1 amide bonds. The SMILES string of the molecule is COc1cccc(/C=C/C(=O)OCC(=O)Nc2ccc(C(C)C)cc2)c1. The molecule has 2 aromatic rings. The second-order valence-corrected chi connectivity index (χ2v) is 6.04. The molecule has 0 heterocycles. The summed E-state index contributed by atoms with van der Waals surface area (Å²) in [6.45, 7) is 3.87. The number of methoxy groups -OCH3 is 1. The lowest BCUT2D eigenvalue weighted by molar-refractivity contribution is -0.142. The quantitative estimate of drug-likeness (QED) is 0.603. The molecule has 0 atom stereocenters. The molecule has 0 spiro atoms. The molecule has 2 rings (SSSR count). The number of anilines is 1. The fourth-order valence-corrected chi connectivity index (χ4v) is 2.24. The van der Waals surface area contributed by atoms with E-state index in [1.165, 1.54) is 11.6 Å². The van der Waals surface area contributed by atoms with E-state index in [9.17, 15) is 9.59 Å². The van der Waals surface area contributed by atoms with Gasteiger partial charge in [-0.1, -0.05) is 38.1 Å². The van der Waals surface area contributed by atoms with Crippen molar-refractivity contribution in [2.75, 3.05) is 19.0 Å². The van der Waals surface area contributed by atoms with Crippen LogP contribution in [0.4, 0.5) is 5.69 Å². The normalized spacial score (nSPS) is 10.8. The Hall–Kier alpha value is -3.08. The lowest BCUT2D eigenvalue weighted by Gasteiger charge is -2.08. The predicted molar refractivity (Wildman–Crippen MR) is 102 cm³/mol. The molecular weight excluding hydrogens is 330 g/mol. The van der Waals surface area contributed by atoms with Gasteiger partial charge in [0.05, 0.1) is 7.11 Å². The van der Waals surface area contributed by atoms with Crippen LogP contribution in [0.3, 0.4) is 0 Å². The van der Waals surface area contributed by atoms with Gasteiger partial charge in [-0.25, -0.2) is 4.79 Å². The zero-order chi connectivity index (χ0) is 18.9. The van der Waals surface area contributed by atoms with Crippen molar-refractivity contribution in [1.29, 1.82) is 0 Å². The highest BCUT2D eigenvalue weighted by Gasteiger charge is 2.06. The number of rotatable bonds is 7. The molecule has 1 N–H and O–H groups in total. The van der Waals surface area contributed by atoms with Gasteiger partial charge in [-0.3, -0.25) is 4.79 Å². The van der Waals surface area contributed by atoms with Gasteiger partial charge in [0, 0.05) is 11.8 Å². The number of hydrogen-bond donors (Lipinski definition) is 1. The van der Waals surface area contributed by atoms with Crippen LogP contribution in [0, 0.1) is 0 Å². The van der Waals surface area contributed by atoms with Gasteiger partial charge < -0.3 is 14.8 Å². The Kier molecular flexibility index (Phi) is 6.97. The Morgan fingerprint density at radius 3 is 2.50 bits per heavy atom. The maximum absolute atomic E-state index is 11.9. The van der Waals surface area contributed by atoms with Gasteiger partial charge in [0.2, 0.25) is 0 Å². The van der Waals surface area contributed by atoms with Gasteiger partial charge in [0.25, 0.3) is 5.91 Å². The molecule has 0 saturated heterocycles. The second-order valence-electron chi connectivity index (χ2n) is 6.04. The van der Waals surface area contributed by atoms with E-state index in [-0.39, 0.29) is 12.5 Å². The lowest BCUT2D eigenvalue weighted by Crippen LogP contribution is -2.20. The molecule has 0 bridgehead atoms. The largest absolute Gasteiger partial charge is 0.497 e. The minimum Gasteiger partial charge on any atom is -0.497 e. The molecule has 0 aliphatic carbocycles. The van der Waals surface area contributed by atoms with Gasteiger partial charge in [-0.15, -0.1) is 0 Å². The molecule has 0 radical (unpaired) electrons. The van der Waals surface area contributed by atoms with Gasteiger partial charge in [0.1, 0.15) is 5.75 Å². The standard InChI is InChI=1S/C21H23NO4/c1-15(2)17-8-10-18(11-9-17)22-20(23)14-26-21(24)12-7-16-5-4-6-19(13-16)25-3/h4-13,15H,14H2,1-3H3,(H,22,23)/b12-7+. The topological polar surface area (TPSA) is 64.6 Å². The third kappa shape index (κ3) is 6.09. The highest BCUT2D eigenvalue weighted by molar-refractivity contribution is 5.94. The van der Waals surface area contributed by atoms with E-state index in [4.69, 9.17) is 9.47 Å². The number of carbonyl (C=O) groups is 2. The summed E-state index contributed by atoms with van der Waals surface area (Å²) in [6.07, 6.45) is 2.88. The summed E-state index contributed by atoms with van der Waals surface area (Å²) in [5.74, 6) is 0.156. The highest BCUT2D eigenvalue weighted by Crippen LogP contribution is 2.17. The van der Waals surface area contributed by atoms with Crippen LogP contribution in [0.25, 0.3) is 6.08 Å². The van der Waals surface area contributed by atoms with Gasteiger partial charge >= 0.3 is 5.97 Å². The highest BCUT2D eigenvalue weighted by atomic mass is 16.5. The molecule has 136 valence electrons. The van der Waals surface area contributed by atoms with E-state index in [1.807, 2.05) is 42.5 Å². The van der Waals surface area contributed by atoms with Crippen molar-refractivity contribution in [3.63, 3.8) is 0 Å². The van der Waals surface area contributed by atoms with E-state index in [2.05, 4.69) is 19.2 Å².